The smallest absolute Gasteiger partial charge is 0.305 e. The average Bonchev–Trinajstić information content (AvgIpc) is 3.02. The van der Waals surface area contributed by atoms with Gasteiger partial charge in [-0.3, -0.25) is 28.8 Å². The van der Waals surface area contributed by atoms with E-state index in [-0.39, 0.29) is 63.4 Å². The first kappa shape index (κ1) is 39.9. The summed E-state index contributed by atoms with van der Waals surface area (Å²) in [7, 11) is 4.48. The minimum atomic E-state index is -1.14. The summed E-state index contributed by atoms with van der Waals surface area (Å²) in [4.78, 5) is 78.9. The second kappa shape index (κ2) is 24.1. The predicted molar refractivity (Wildman–Crippen MR) is 171 cm³/mol. The predicted octanol–water partition coefficient (Wildman–Crippen LogP) is 2.78. The maximum atomic E-state index is 13.3. The molecule has 0 aliphatic rings. The van der Waals surface area contributed by atoms with Crippen LogP contribution in [0.5, 0.6) is 0 Å². The summed E-state index contributed by atoms with van der Waals surface area (Å²) < 4.78 is 10.1. The molecule has 0 spiro atoms. The number of esters is 1. The number of Topliss-reactive ketones (excluding diaryl/α,β-unsaturated/α-hetero) is 1. The van der Waals surface area contributed by atoms with E-state index in [0.717, 1.165) is 5.03 Å². The number of carboxylic acid groups (broad SMARTS) is 1. The molecular weight excluding hydrogens is 624 g/mol. The highest BCUT2D eigenvalue weighted by Crippen LogP contribution is 2.28. The molecule has 0 fully saturated rings. The number of carbonyl (C=O) groups is 6. The number of rotatable bonds is 25. The van der Waals surface area contributed by atoms with Crippen molar-refractivity contribution in [3.63, 3.8) is 0 Å². The first-order chi connectivity index (χ1) is 21.6. The summed E-state index contributed by atoms with van der Waals surface area (Å²) in [6.45, 7) is 4.73. The molecule has 3 amide bonds. The van der Waals surface area contributed by atoms with Crippen LogP contribution in [0.3, 0.4) is 0 Å². The van der Waals surface area contributed by atoms with Crippen molar-refractivity contribution >= 4 is 57.0 Å². The van der Waals surface area contributed by atoms with E-state index in [2.05, 4.69) is 20.9 Å². The van der Waals surface area contributed by atoms with Crippen LogP contribution in [0.1, 0.15) is 65.2 Å². The van der Waals surface area contributed by atoms with E-state index >= 15 is 0 Å². The Hall–Kier alpha value is -3.17. The van der Waals surface area contributed by atoms with Gasteiger partial charge in [-0.1, -0.05) is 30.7 Å². The zero-order valence-corrected chi connectivity index (χ0v) is 27.8. The molecule has 0 bridgehead atoms. The van der Waals surface area contributed by atoms with Crippen LogP contribution < -0.4 is 16.0 Å². The Morgan fingerprint density at radius 3 is 2.40 bits per heavy atom. The Morgan fingerprint density at radius 2 is 1.73 bits per heavy atom. The molecule has 0 saturated carbocycles. The number of ether oxygens (including phenoxy) is 2. The van der Waals surface area contributed by atoms with Crippen molar-refractivity contribution in [2.45, 2.75) is 76.3 Å². The summed E-state index contributed by atoms with van der Waals surface area (Å²) in [6, 6.07) is 4.45. The molecule has 13 nitrogen and oxygen atoms in total. The SMILES string of the molecule is CCCNC(=O)C(CCC(=O)NCCOC)CC(=O)C(CCC(=O)O)NC(=O)C(C)CCC(=O)OCCSSc1ccccn1. The minimum Gasteiger partial charge on any atom is -0.481 e. The van der Waals surface area contributed by atoms with Gasteiger partial charge in [-0.2, -0.15) is 0 Å². The Labute approximate surface area is 272 Å². The number of nitrogens with zero attached hydrogens (tertiary/aromatic N) is 1. The molecule has 1 rings (SSSR count). The molecule has 0 aliphatic carbocycles. The largest absolute Gasteiger partial charge is 0.481 e. The number of hydrogen-bond donors (Lipinski definition) is 4. The molecule has 0 aliphatic heterocycles. The van der Waals surface area contributed by atoms with Gasteiger partial charge in [0.1, 0.15) is 11.6 Å². The van der Waals surface area contributed by atoms with Crippen molar-refractivity contribution in [3.8, 4) is 0 Å². The molecule has 252 valence electrons. The standard InChI is InChI=1S/C30H46N4O9S2/c1-4-14-33-30(41)22(9-11-25(36)31-16-17-42-3)20-24(35)23(10-12-27(37)38)34-29(40)21(2)8-13-28(39)43-18-19-44-45-26-7-5-6-15-32-26/h5-7,15,21-23H,4,8-14,16-20H2,1-3H3,(H,31,36)(H,33,41)(H,34,40)(H,37,38). The van der Waals surface area contributed by atoms with Gasteiger partial charge in [0.25, 0.3) is 0 Å². The van der Waals surface area contributed by atoms with Crippen molar-refractivity contribution in [2.75, 3.05) is 39.2 Å². The number of amides is 3. The fraction of sp³-hybridized carbons (Fsp3) is 0.633. The van der Waals surface area contributed by atoms with E-state index in [4.69, 9.17) is 9.47 Å². The van der Waals surface area contributed by atoms with Crippen LogP contribution in [0, 0.1) is 11.8 Å². The van der Waals surface area contributed by atoms with Crippen molar-refractivity contribution in [1.82, 2.24) is 20.9 Å². The Morgan fingerprint density at radius 1 is 0.956 bits per heavy atom. The van der Waals surface area contributed by atoms with Gasteiger partial charge in [-0.15, -0.1) is 0 Å². The molecule has 0 aromatic carbocycles. The van der Waals surface area contributed by atoms with E-state index in [9.17, 15) is 33.9 Å². The van der Waals surface area contributed by atoms with Gasteiger partial charge >= 0.3 is 11.9 Å². The van der Waals surface area contributed by atoms with Gasteiger partial charge in [-0.05, 0) is 48.6 Å². The van der Waals surface area contributed by atoms with Gasteiger partial charge < -0.3 is 30.5 Å². The highest BCUT2D eigenvalue weighted by Gasteiger charge is 2.29. The van der Waals surface area contributed by atoms with Crippen LogP contribution in [0.15, 0.2) is 29.4 Å². The Bertz CT molecular complexity index is 1080. The van der Waals surface area contributed by atoms with Crippen LogP contribution in [0.2, 0.25) is 0 Å². The topological polar surface area (TPSA) is 190 Å². The number of ketones is 1. The maximum absolute atomic E-state index is 13.3. The molecule has 45 heavy (non-hydrogen) atoms. The fourth-order valence-corrected chi connectivity index (χ4v) is 5.62. The average molecular weight is 671 g/mol. The second-order valence-corrected chi connectivity index (χ2v) is 12.7. The first-order valence-corrected chi connectivity index (χ1v) is 17.3. The molecule has 3 atom stereocenters. The third kappa shape index (κ3) is 19.1. The lowest BCUT2D eigenvalue weighted by molar-refractivity contribution is -0.143. The lowest BCUT2D eigenvalue weighted by Crippen LogP contribution is -2.45. The summed E-state index contributed by atoms with van der Waals surface area (Å²) in [5, 5.41) is 18.1. The molecule has 0 saturated heterocycles. The van der Waals surface area contributed by atoms with Gasteiger partial charge in [0.2, 0.25) is 17.7 Å². The molecular formula is C30H46N4O9S2. The van der Waals surface area contributed by atoms with Crippen LogP contribution in [-0.2, 0) is 38.2 Å². The third-order valence-electron chi connectivity index (χ3n) is 6.51. The van der Waals surface area contributed by atoms with Gasteiger partial charge in [0, 0.05) is 69.7 Å². The number of aliphatic carboxylic acids is 1. The maximum Gasteiger partial charge on any atom is 0.305 e. The first-order valence-electron chi connectivity index (χ1n) is 15.0. The Kier molecular flexibility index (Phi) is 21.4. The summed E-state index contributed by atoms with van der Waals surface area (Å²) in [5.74, 6) is -4.24. The van der Waals surface area contributed by atoms with Gasteiger partial charge in [0.05, 0.1) is 12.6 Å². The highest BCUT2D eigenvalue weighted by molar-refractivity contribution is 8.76. The van der Waals surface area contributed by atoms with Gasteiger partial charge in [-0.25, -0.2) is 4.98 Å². The van der Waals surface area contributed by atoms with E-state index in [1.54, 1.807) is 13.1 Å². The van der Waals surface area contributed by atoms with Crippen LogP contribution in [0.4, 0.5) is 0 Å². The highest BCUT2D eigenvalue weighted by atomic mass is 33.1. The number of nitrogens with one attached hydrogen (secondary N) is 3. The van der Waals surface area contributed by atoms with E-state index in [0.29, 0.717) is 31.9 Å². The normalized spacial score (nSPS) is 12.8. The number of carbonyl (C=O) groups excluding carboxylic acids is 5. The van der Waals surface area contributed by atoms with Crippen molar-refractivity contribution in [2.24, 2.45) is 11.8 Å². The number of methoxy groups -OCH3 is 1. The number of carboxylic acids is 1. The fourth-order valence-electron chi connectivity index (χ4n) is 3.91. The minimum absolute atomic E-state index is 0.00223. The van der Waals surface area contributed by atoms with Crippen molar-refractivity contribution in [1.29, 1.82) is 0 Å². The molecule has 4 N–H and O–H groups in total. The summed E-state index contributed by atoms with van der Waals surface area (Å²) in [5.41, 5.74) is 0. The van der Waals surface area contributed by atoms with Crippen LogP contribution >= 0.6 is 21.6 Å². The lowest BCUT2D eigenvalue weighted by atomic mass is 9.91. The van der Waals surface area contributed by atoms with E-state index in [1.165, 1.54) is 28.7 Å². The molecule has 1 aromatic rings. The molecule has 0 radical (unpaired) electrons. The zero-order valence-electron chi connectivity index (χ0n) is 26.2. The van der Waals surface area contributed by atoms with Crippen molar-refractivity contribution < 1.29 is 43.3 Å². The number of aromatic nitrogens is 1. The third-order valence-corrected chi connectivity index (χ3v) is 8.74. The van der Waals surface area contributed by atoms with E-state index in [1.807, 2.05) is 25.1 Å². The van der Waals surface area contributed by atoms with Crippen LogP contribution in [0.25, 0.3) is 0 Å². The summed E-state index contributed by atoms with van der Waals surface area (Å²) >= 11 is 0. The number of pyridine rings is 1. The second-order valence-electron chi connectivity index (χ2n) is 10.3. The molecule has 3 unspecified atom stereocenters. The lowest BCUT2D eigenvalue weighted by Gasteiger charge is -2.22. The van der Waals surface area contributed by atoms with Gasteiger partial charge in [0.15, 0.2) is 5.78 Å². The van der Waals surface area contributed by atoms with Crippen LogP contribution in [-0.4, -0.2) is 90.7 Å². The quantitative estimate of drug-likeness (QED) is 0.0677. The number of hydrogen-bond acceptors (Lipinski definition) is 11. The zero-order chi connectivity index (χ0) is 33.5. The summed E-state index contributed by atoms with van der Waals surface area (Å²) in [6.07, 6.45) is 1.82. The molecule has 1 heterocycles. The van der Waals surface area contributed by atoms with E-state index < -0.39 is 41.5 Å². The monoisotopic (exact) mass is 670 g/mol. The molecule has 1 aromatic heterocycles. The Balaban J connectivity index is 2.66. The van der Waals surface area contributed by atoms with Crippen molar-refractivity contribution in [3.05, 3.63) is 24.4 Å². The molecule has 15 heteroatoms.